The van der Waals surface area contributed by atoms with Crippen LogP contribution in [0.5, 0.6) is 0 Å². The van der Waals surface area contributed by atoms with Crippen molar-refractivity contribution < 1.29 is 41.4 Å². The average molecular weight is 539 g/mol. The summed E-state index contributed by atoms with van der Waals surface area (Å²) in [4.78, 5) is 38.1. The molecule has 4 rings (SSSR count). The third-order valence-electron chi connectivity index (χ3n) is 6.39. The van der Waals surface area contributed by atoms with Crippen molar-refractivity contribution in [2.45, 2.75) is 44.4 Å². The lowest BCUT2D eigenvalue weighted by molar-refractivity contribution is -0.147. The maximum Gasteiger partial charge on any atom is 0.433 e. The molecule has 0 unspecified atom stereocenters. The molecule has 1 aliphatic carbocycles. The number of alkyl halides is 3. The van der Waals surface area contributed by atoms with Crippen LogP contribution in [0.1, 0.15) is 63.8 Å². The standard InChI is InChI=1S/C24H22F5N5O4/c25-15-7-13(8-16(26)9-15)11-33(12-20(35)19-5-6-30-32-19)22(36)18-10-31-34(21(18)24(27,28)29)17-3-1-14(2-4-17)23(37)38/h5-10,14,17H,1-4,11-12H2,(H,30,32)(H,37,38)/t14-,17-. The van der Waals surface area contributed by atoms with Gasteiger partial charge in [-0.25, -0.2) is 8.78 Å². The molecule has 2 heterocycles. The van der Waals surface area contributed by atoms with E-state index in [1.165, 1.54) is 12.3 Å². The quantitative estimate of drug-likeness (QED) is 0.326. The van der Waals surface area contributed by atoms with Gasteiger partial charge in [0.1, 0.15) is 17.3 Å². The highest BCUT2D eigenvalue weighted by atomic mass is 19.4. The van der Waals surface area contributed by atoms with Crippen LogP contribution in [0.4, 0.5) is 22.0 Å². The number of amides is 1. The van der Waals surface area contributed by atoms with Gasteiger partial charge >= 0.3 is 12.1 Å². The first-order valence-corrected chi connectivity index (χ1v) is 11.6. The molecule has 1 aliphatic rings. The van der Waals surface area contributed by atoms with Crippen LogP contribution in [0.25, 0.3) is 0 Å². The van der Waals surface area contributed by atoms with E-state index < -0.39 is 71.8 Å². The number of ketones is 1. The third kappa shape index (κ3) is 5.89. The molecule has 1 amide bonds. The third-order valence-corrected chi connectivity index (χ3v) is 6.39. The number of hydrogen-bond donors (Lipinski definition) is 2. The Morgan fingerprint density at radius 3 is 2.29 bits per heavy atom. The molecular formula is C24H22F5N5O4. The molecular weight excluding hydrogens is 517 g/mol. The van der Waals surface area contributed by atoms with Crippen molar-refractivity contribution in [2.75, 3.05) is 6.54 Å². The van der Waals surface area contributed by atoms with E-state index in [9.17, 15) is 41.4 Å². The number of nitrogens with zero attached hydrogens (tertiary/aromatic N) is 4. The molecule has 38 heavy (non-hydrogen) atoms. The number of aliphatic carboxylic acids is 1. The second kappa shape index (κ2) is 10.7. The molecule has 9 nitrogen and oxygen atoms in total. The maximum absolute atomic E-state index is 14.2. The monoisotopic (exact) mass is 539 g/mol. The van der Waals surface area contributed by atoms with Gasteiger partial charge in [0.15, 0.2) is 5.69 Å². The minimum absolute atomic E-state index is 0.0846. The van der Waals surface area contributed by atoms with E-state index in [-0.39, 0.29) is 36.9 Å². The van der Waals surface area contributed by atoms with Gasteiger partial charge in [-0.2, -0.15) is 23.4 Å². The molecule has 3 aromatic rings. The van der Waals surface area contributed by atoms with E-state index in [1.54, 1.807) is 0 Å². The summed E-state index contributed by atoms with van der Waals surface area (Å²) >= 11 is 0. The van der Waals surface area contributed by atoms with E-state index >= 15 is 0 Å². The lowest BCUT2D eigenvalue weighted by Gasteiger charge is -2.28. The number of aromatic nitrogens is 4. The lowest BCUT2D eigenvalue weighted by Crippen LogP contribution is -2.37. The highest BCUT2D eigenvalue weighted by molar-refractivity contribution is 6.01. The summed E-state index contributed by atoms with van der Waals surface area (Å²) in [6.07, 6.45) is -2.42. The van der Waals surface area contributed by atoms with E-state index in [0.717, 1.165) is 23.2 Å². The number of carbonyl (C=O) groups is 3. The maximum atomic E-state index is 14.2. The largest absolute Gasteiger partial charge is 0.481 e. The van der Waals surface area contributed by atoms with Crippen LogP contribution in [0.2, 0.25) is 0 Å². The van der Waals surface area contributed by atoms with E-state index in [1.807, 2.05) is 0 Å². The number of nitrogens with one attached hydrogen (secondary N) is 1. The fourth-order valence-electron chi connectivity index (χ4n) is 4.61. The molecule has 1 saturated carbocycles. The van der Waals surface area contributed by atoms with Crippen molar-refractivity contribution in [3.63, 3.8) is 0 Å². The molecule has 202 valence electrons. The Morgan fingerprint density at radius 1 is 1.08 bits per heavy atom. The van der Waals surface area contributed by atoms with Crippen LogP contribution in [0, 0.1) is 17.6 Å². The molecule has 0 bridgehead atoms. The number of benzene rings is 1. The van der Waals surface area contributed by atoms with Crippen LogP contribution >= 0.6 is 0 Å². The molecule has 2 aromatic heterocycles. The zero-order valence-corrected chi connectivity index (χ0v) is 19.7. The van der Waals surface area contributed by atoms with Crippen molar-refractivity contribution in [2.24, 2.45) is 5.92 Å². The van der Waals surface area contributed by atoms with Gasteiger partial charge in [0, 0.05) is 18.8 Å². The fraction of sp³-hybridized carbons (Fsp3) is 0.375. The summed E-state index contributed by atoms with van der Waals surface area (Å²) in [7, 11) is 0. The van der Waals surface area contributed by atoms with Crippen molar-refractivity contribution in [3.05, 3.63) is 70.8 Å². The van der Waals surface area contributed by atoms with Crippen molar-refractivity contribution >= 4 is 17.7 Å². The van der Waals surface area contributed by atoms with Crippen LogP contribution < -0.4 is 0 Å². The van der Waals surface area contributed by atoms with Crippen molar-refractivity contribution in [3.8, 4) is 0 Å². The summed E-state index contributed by atoms with van der Waals surface area (Å²) < 4.78 is 70.9. The summed E-state index contributed by atoms with van der Waals surface area (Å²) in [6.45, 7) is -1.30. The number of Topliss-reactive ketones (excluding diaryl/α,β-unsaturated/α-hetero) is 1. The fourth-order valence-corrected chi connectivity index (χ4v) is 4.61. The minimum Gasteiger partial charge on any atom is -0.481 e. The molecule has 2 N–H and O–H groups in total. The molecule has 1 fully saturated rings. The topological polar surface area (TPSA) is 121 Å². The molecule has 0 spiro atoms. The van der Waals surface area contributed by atoms with Crippen LogP contribution in [-0.2, 0) is 17.5 Å². The number of carbonyl (C=O) groups excluding carboxylic acids is 2. The number of rotatable bonds is 8. The average Bonchev–Trinajstić information content (AvgIpc) is 3.53. The highest BCUT2D eigenvalue weighted by Crippen LogP contribution is 2.39. The SMILES string of the molecule is O=C(CN(Cc1cc(F)cc(F)c1)C(=O)c1cnn([C@H]2CC[C@H](C(=O)O)CC2)c1C(F)(F)F)c1cc[nH]n1. The van der Waals surface area contributed by atoms with Gasteiger partial charge < -0.3 is 10.0 Å². The number of carboxylic acid groups (broad SMARTS) is 1. The number of H-pyrrole nitrogens is 1. The van der Waals surface area contributed by atoms with Crippen LogP contribution in [0.3, 0.4) is 0 Å². The Morgan fingerprint density at radius 2 is 1.74 bits per heavy atom. The number of hydrogen-bond acceptors (Lipinski definition) is 5. The summed E-state index contributed by atoms with van der Waals surface area (Å²) in [5.41, 5.74) is -2.36. The summed E-state index contributed by atoms with van der Waals surface area (Å²) in [5, 5.41) is 19.1. The molecule has 0 aliphatic heterocycles. The molecule has 0 saturated heterocycles. The Kier molecular flexibility index (Phi) is 7.60. The van der Waals surface area contributed by atoms with Crippen LogP contribution in [-0.4, -0.2) is 54.2 Å². The minimum atomic E-state index is -5.02. The first-order valence-electron chi connectivity index (χ1n) is 11.6. The first kappa shape index (κ1) is 26.9. The zero-order valence-electron chi connectivity index (χ0n) is 19.7. The number of halogens is 5. The smallest absolute Gasteiger partial charge is 0.433 e. The number of aromatic amines is 1. The second-order valence-electron chi connectivity index (χ2n) is 9.01. The van der Waals surface area contributed by atoms with E-state index in [0.29, 0.717) is 10.7 Å². The predicted molar refractivity (Wildman–Crippen MR) is 120 cm³/mol. The molecule has 0 radical (unpaired) electrons. The normalized spacial score (nSPS) is 17.8. The van der Waals surface area contributed by atoms with Gasteiger partial charge in [0.2, 0.25) is 5.78 Å². The second-order valence-corrected chi connectivity index (χ2v) is 9.01. The van der Waals surface area contributed by atoms with E-state index in [4.69, 9.17) is 0 Å². The van der Waals surface area contributed by atoms with Gasteiger partial charge in [-0.15, -0.1) is 0 Å². The van der Waals surface area contributed by atoms with Crippen molar-refractivity contribution in [1.29, 1.82) is 0 Å². The van der Waals surface area contributed by atoms with Gasteiger partial charge in [0.05, 0.1) is 30.3 Å². The molecule has 1 aromatic carbocycles. The molecule has 0 atom stereocenters. The van der Waals surface area contributed by atoms with Gasteiger partial charge in [-0.1, -0.05) is 0 Å². The first-order chi connectivity index (χ1) is 17.9. The summed E-state index contributed by atoms with van der Waals surface area (Å²) in [5.74, 6) is -5.58. The Labute approximate surface area is 212 Å². The molecule has 14 heteroatoms. The summed E-state index contributed by atoms with van der Waals surface area (Å²) in [6, 6.07) is 2.91. The van der Waals surface area contributed by atoms with Gasteiger partial charge in [-0.05, 0) is 49.4 Å². The Bertz CT molecular complexity index is 1310. The number of carboxylic acids is 1. The Hall–Kier alpha value is -4.10. The highest BCUT2D eigenvalue weighted by Gasteiger charge is 2.43. The van der Waals surface area contributed by atoms with Crippen LogP contribution in [0.15, 0.2) is 36.7 Å². The van der Waals surface area contributed by atoms with E-state index in [2.05, 4.69) is 15.3 Å². The lowest BCUT2D eigenvalue weighted by atomic mass is 9.86. The van der Waals surface area contributed by atoms with Gasteiger partial charge in [-0.3, -0.25) is 24.2 Å². The predicted octanol–water partition coefficient (Wildman–Crippen LogP) is 4.24. The Balaban J connectivity index is 1.68. The van der Waals surface area contributed by atoms with Gasteiger partial charge in [0.25, 0.3) is 5.91 Å². The zero-order chi connectivity index (χ0) is 27.6. The van der Waals surface area contributed by atoms with Crippen molar-refractivity contribution in [1.82, 2.24) is 24.9 Å².